The van der Waals surface area contributed by atoms with Crippen molar-refractivity contribution in [2.24, 2.45) is 5.10 Å². The van der Waals surface area contributed by atoms with E-state index in [-0.39, 0.29) is 11.5 Å². The lowest BCUT2D eigenvalue weighted by Gasteiger charge is -2.22. The molecular formula is C23H23Br2N3O3. The smallest absolute Gasteiger partial charge is 0.282 e. The van der Waals surface area contributed by atoms with Gasteiger partial charge in [0, 0.05) is 22.0 Å². The number of benzene rings is 2. The predicted molar refractivity (Wildman–Crippen MR) is 130 cm³/mol. The first-order chi connectivity index (χ1) is 15.0. The third-order valence-corrected chi connectivity index (χ3v) is 6.73. The maximum absolute atomic E-state index is 13.4. The molecule has 1 aliphatic carbocycles. The lowest BCUT2D eigenvalue weighted by Crippen LogP contribution is -2.25. The standard InChI is InChI=1S/C23H23Br2N3O3/c1-30-20-12-21(31-2)18(25)10-15(20)13-26-28-22(14-6-4-3-5-7-14)27-19-9-8-16(24)11-17(19)23(28)29/h8-14H,3-7H2,1-2H3. The van der Waals surface area contributed by atoms with E-state index in [9.17, 15) is 4.79 Å². The zero-order valence-electron chi connectivity index (χ0n) is 17.4. The summed E-state index contributed by atoms with van der Waals surface area (Å²) in [4.78, 5) is 18.3. The molecule has 1 saturated carbocycles. The average molecular weight is 549 g/mol. The summed E-state index contributed by atoms with van der Waals surface area (Å²) < 4.78 is 13.9. The molecule has 0 bridgehead atoms. The molecule has 0 N–H and O–H groups in total. The molecule has 0 amide bonds. The van der Waals surface area contributed by atoms with Crippen molar-refractivity contribution in [3.63, 3.8) is 0 Å². The molecule has 0 atom stereocenters. The van der Waals surface area contributed by atoms with Gasteiger partial charge in [0.2, 0.25) is 0 Å². The number of halogens is 2. The van der Waals surface area contributed by atoms with Gasteiger partial charge < -0.3 is 9.47 Å². The number of rotatable bonds is 5. The molecule has 0 aliphatic heterocycles. The minimum absolute atomic E-state index is 0.172. The maximum atomic E-state index is 13.4. The molecular weight excluding hydrogens is 526 g/mol. The highest BCUT2D eigenvalue weighted by molar-refractivity contribution is 9.10. The second kappa shape index (κ2) is 9.53. The Morgan fingerprint density at radius 1 is 1.06 bits per heavy atom. The van der Waals surface area contributed by atoms with E-state index in [4.69, 9.17) is 14.5 Å². The normalized spacial score (nSPS) is 15.0. The molecule has 0 spiro atoms. The molecule has 31 heavy (non-hydrogen) atoms. The summed E-state index contributed by atoms with van der Waals surface area (Å²) in [5.74, 6) is 2.21. The molecule has 1 aliphatic rings. The van der Waals surface area contributed by atoms with Gasteiger partial charge in [-0.25, -0.2) is 4.98 Å². The van der Waals surface area contributed by atoms with Crippen molar-refractivity contribution < 1.29 is 9.47 Å². The number of methoxy groups -OCH3 is 2. The Bertz CT molecular complexity index is 1200. The van der Waals surface area contributed by atoms with Crippen LogP contribution >= 0.6 is 31.9 Å². The lowest BCUT2D eigenvalue weighted by molar-refractivity contribution is 0.392. The van der Waals surface area contributed by atoms with E-state index in [2.05, 4.69) is 37.0 Å². The highest BCUT2D eigenvalue weighted by Gasteiger charge is 2.22. The number of fused-ring (bicyclic) bond motifs is 1. The Morgan fingerprint density at radius 2 is 1.81 bits per heavy atom. The summed E-state index contributed by atoms with van der Waals surface area (Å²) in [5, 5.41) is 5.13. The summed E-state index contributed by atoms with van der Waals surface area (Å²) in [6.07, 6.45) is 7.18. The van der Waals surface area contributed by atoms with Crippen LogP contribution in [0.1, 0.15) is 49.4 Å². The molecule has 4 rings (SSSR count). The van der Waals surface area contributed by atoms with Crippen molar-refractivity contribution >= 4 is 49.0 Å². The van der Waals surface area contributed by atoms with Crippen LogP contribution in [0.4, 0.5) is 0 Å². The molecule has 0 saturated heterocycles. The highest BCUT2D eigenvalue weighted by atomic mass is 79.9. The fourth-order valence-corrected chi connectivity index (χ4v) is 4.89. The summed E-state index contributed by atoms with van der Waals surface area (Å²) in [6.45, 7) is 0. The van der Waals surface area contributed by atoms with E-state index >= 15 is 0 Å². The Morgan fingerprint density at radius 3 is 2.52 bits per heavy atom. The quantitative estimate of drug-likeness (QED) is 0.374. The second-order valence-electron chi connectivity index (χ2n) is 7.56. The predicted octanol–water partition coefficient (Wildman–Crippen LogP) is 5.87. The van der Waals surface area contributed by atoms with Gasteiger partial charge in [0.05, 0.1) is 35.8 Å². The number of aromatic nitrogens is 2. The van der Waals surface area contributed by atoms with Crippen LogP contribution in [0.5, 0.6) is 11.5 Å². The molecule has 0 unspecified atom stereocenters. The van der Waals surface area contributed by atoms with E-state index in [0.29, 0.717) is 22.4 Å². The van der Waals surface area contributed by atoms with Crippen LogP contribution in [0.3, 0.4) is 0 Å². The van der Waals surface area contributed by atoms with Crippen LogP contribution in [-0.2, 0) is 0 Å². The van der Waals surface area contributed by atoms with Gasteiger partial charge in [-0.1, -0.05) is 35.2 Å². The van der Waals surface area contributed by atoms with Crippen molar-refractivity contribution in [3.05, 3.63) is 61.0 Å². The molecule has 162 valence electrons. The third kappa shape index (κ3) is 4.55. The number of hydrogen-bond donors (Lipinski definition) is 0. The first kappa shape index (κ1) is 22.0. The Hall–Kier alpha value is -2.19. The van der Waals surface area contributed by atoms with Gasteiger partial charge in [-0.05, 0) is 53.0 Å². The summed E-state index contributed by atoms with van der Waals surface area (Å²) in [6, 6.07) is 9.23. The van der Waals surface area contributed by atoms with Crippen LogP contribution in [-0.4, -0.2) is 30.1 Å². The highest BCUT2D eigenvalue weighted by Crippen LogP contribution is 2.33. The zero-order valence-corrected chi connectivity index (χ0v) is 20.6. The van der Waals surface area contributed by atoms with Crippen LogP contribution in [0.2, 0.25) is 0 Å². The fraction of sp³-hybridized carbons (Fsp3) is 0.348. The molecule has 1 heterocycles. The van der Waals surface area contributed by atoms with E-state index < -0.39 is 0 Å². The van der Waals surface area contributed by atoms with Gasteiger partial charge in [0.15, 0.2) is 0 Å². The Labute approximate surface area is 197 Å². The largest absolute Gasteiger partial charge is 0.496 e. The van der Waals surface area contributed by atoms with Gasteiger partial charge >= 0.3 is 0 Å². The minimum atomic E-state index is -0.172. The number of nitrogens with zero attached hydrogens (tertiary/aromatic N) is 3. The van der Waals surface area contributed by atoms with E-state index in [0.717, 1.165) is 46.0 Å². The van der Waals surface area contributed by atoms with Gasteiger partial charge in [0.25, 0.3) is 5.56 Å². The van der Waals surface area contributed by atoms with Crippen LogP contribution < -0.4 is 15.0 Å². The zero-order chi connectivity index (χ0) is 22.0. The van der Waals surface area contributed by atoms with Crippen molar-refractivity contribution in [1.82, 2.24) is 9.66 Å². The Kier molecular flexibility index (Phi) is 6.77. The monoisotopic (exact) mass is 547 g/mol. The van der Waals surface area contributed by atoms with Crippen LogP contribution in [0, 0.1) is 0 Å². The topological polar surface area (TPSA) is 65.7 Å². The summed E-state index contributed by atoms with van der Waals surface area (Å²) in [7, 11) is 3.19. The van der Waals surface area contributed by atoms with Crippen molar-refractivity contribution in [2.45, 2.75) is 38.0 Å². The third-order valence-electron chi connectivity index (χ3n) is 5.62. The molecule has 1 aromatic heterocycles. The van der Waals surface area contributed by atoms with Gasteiger partial charge in [0.1, 0.15) is 17.3 Å². The van der Waals surface area contributed by atoms with E-state index in [1.807, 2.05) is 18.2 Å². The Balaban J connectivity index is 1.87. The van der Waals surface area contributed by atoms with Crippen molar-refractivity contribution in [1.29, 1.82) is 0 Å². The number of hydrogen-bond acceptors (Lipinski definition) is 5. The van der Waals surface area contributed by atoms with Crippen molar-refractivity contribution in [3.8, 4) is 11.5 Å². The molecule has 0 radical (unpaired) electrons. The molecule has 6 nitrogen and oxygen atoms in total. The molecule has 3 aromatic rings. The fourth-order valence-electron chi connectivity index (χ4n) is 4.01. The van der Waals surface area contributed by atoms with Crippen molar-refractivity contribution in [2.75, 3.05) is 14.2 Å². The maximum Gasteiger partial charge on any atom is 0.282 e. The van der Waals surface area contributed by atoms with Gasteiger partial charge in [-0.3, -0.25) is 4.79 Å². The first-order valence-corrected chi connectivity index (χ1v) is 11.8. The summed E-state index contributed by atoms with van der Waals surface area (Å²) in [5.41, 5.74) is 1.26. The SMILES string of the molecule is COc1cc(OC)c(C=Nn2c(C3CCCCC3)nc3ccc(Br)cc3c2=O)cc1Br. The average Bonchev–Trinajstić information content (AvgIpc) is 2.79. The second-order valence-corrected chi connectivity index (χ2v) is 9.33. The minimum Gasteiger partial charge on any atom is -0.496 e. The van der Waals surface area contributed by atoms with E-state index in [1.54, 1.807) is 32.6 Å². The van der Waals surface area contributed by atoms with Gasteiger partial charge in [-0.15, -0.1) is 0 Å². The molecule has 2 aromatic carbocycles. The van der Waals surface area contributed by atoms with Crippen LogP contribution in [0.25, 0.3) is 10.9 Å². The molecule has 1 fully saturated rings. The first-order valence-electron chi connectivity index (χ1n) is 10.2. The van der Waals surface area contributed by atoms with Gasteiger partial charge in [-0.2, -0.15) is 9.78 Å². The molecule has 8 heteroatoms. The van der Waals surface area contributed by atoms with Crippen LogP contribution in [0.15, 0.2) is 49.2 Å². The van der Waals surface area contributed by atoms with E-state index in [1.165, 1.54) is 11.1 Å². The summed E-state index contributed by atoms with van der Waals surface area (Å²) >= 11 is 6.96. The lowest BCUT2D eigenvalue weighted by atomic mass is 9.88. The number of ether oxygens (including phenoxy) is 2.